The average Bonchev–Trinajstić information content (AvgIpc) is 3.17. The summed E-state index contributed by atoms with van der Waals surface area (Å²) in [6.07, 6.45) is -3.65. The van der Waals surface area contributed by atoms with Gasteiger partial charge >= 0.3 is 6.18 Å². The molecule has 3 rings (SSSR count). The van der Waals surface area contributed by atoms with Gasteiger partial charge in [0.15, 0.2) is 6.61 Å². The number of carbonyl (C=O) groups excluding carboxylic acids is 3. The molecule has 33 heavy (non-hydrogen) atoms. The van der Waals surface area contributed by atoms with Gasteiger partial charge in [0, 0.05) is 25.2 Å². The largest absolute Gasteiger partial charge is 0.484 e. The van der Waals surface area contributed by atoms with Gasteiger partial charge in [0.25, 0.3) is 5.91 Å². The molecule has 0 radical (unpaired) electrons. The van der Waals surface area contributed by atoms with E-state index in [0.717, 1.165) is 12.5 Å². The third-order valence-corrected chi connectivity index (χ3v) is 5.07. The van der Waals surface area contributed by atoms with Crippen LogP contribution in [0.15, 0.2) is 48.5 Å². The van der Waals surface area contributed by atoms with E-state index in [4.69, 9.17) is 4.74 Å². The van der Waals surface area contributed by atoms with E-state index >= 15 is 0 Å². The molecule has 0 aliphatic carbocycles. The Balaban J connectivity index is 1.55. The van der Waals surface area contributed by atoms with E-state index in [1.807, 2.05) is 6.92 Å². The summed E-state index contributed by atoms with van der Waals surface area (Å²) < 4.78 is 44.5. The molecule has 0 aromatic heterocycles. The van der Waals surface area contributed by atoms with Crippen molar-refractivity contribution in [1.29, 1.82) is 0 Å². The molecular formula is C23H24F3N3O4. The number of ether oxygens (including phenoxy) is 1. The lowest BCUT2D eigenvalue weighted by Crippen LogP contribution is -2.33. The Hall–Kier alpha value is -3.56. The third-order valence-electron chi connectivity index (χ3n) is 5.07. The second-order valence-corrected chi connectivity index (χ2v) is 7.57. The van der Waals surface area contributed by atoms with E-state index in [-0.39, 0.29) is 30.5 Å². The molecule has 176 valence electrons. The van der Waals surface area contributed by atoms with Crippen molar-refractivity contribution < 1.29 is 32.3 Å². The fourth-order valence-electron chi connectivity index (χ4n) is 3.42. The molecule has 0 unspecified atom stereocenters. The number of benzene rings is 2. The van der Waals surface area contributed by atoms with Crippen LogP contribution in [0.4, 0.5) is 24.5 Å². The van der Waals surface area contributed by atoms with Crippen molar-refractivity contribution in [3.05, 3.63) is 54.1 Å². The van der Waals surface area contributed by atoms with Crippen molar-refractivity contribution in [2.24, 2.45) is 5.92 Å². The number of nitrogens with one attached hydrogen (secondary N) is 2. The normalized spacial score (nSPS) is 15.9. The molecule has 2 aromatic rings. The second-order valence-electron chi connectivity index (χ2n) is 7.57. The lowest BCUT2D eigenvalue weighted by atomic mass is 10.1. The predicted octanol–water partition coefficient (Wildman–Crippen LogP) is 3.60. The van der Waals surface area contributed by atoms with Gasteiger partial charge in [-0.25, -0.2) is 0 Å². The monoisotopic (exact) mass is 463 g/mol. The number of para-hydroxylation sites is 1. The Morgan fingerprint density at radius 2 is 1.82 bits per heavy atom. The number of hydrogen-bond donors (Lipinski definition) is 2. The summed E-state index contributed by atoms with van der Waals surface area (Å²) in [7, 11) is 0. The summed E-state index contributed by atoms with van der Waals surface area (Å²) >= 11 is 0. The summed E-state index contributed by atoms with van der Waals surface area (Å²) in [5.41, 5.74) is -0.708. The molecular weight excluding hydrogens is 439 g/mol. The van der Waals surface area contributed by atoms with Crippen LogP contribution in [0, 0.1) is 5.92 Å². The first kappa shape index (κ1) is 24.1. The van der Waals surface area contributed by atoms with Gasteiger partial charge in [0.2, 0.25) is 11.8 Å². The van der Waals surface area contributed by atoms with E-state index in [2.05, 4.69) is 10.6 Å². The lowest BCUT2D eigenvalue weighted by molar-refractivity contribution is -0.137. The Kier molecular flexibility index (Phi) is 7.57. The van der Waals surface area contributed by atoms with E-state index in [1.54, 1.807) is 24.3 Å². The first-order valence-corrected chi connectivity index (χ1v) is 10.5. The molecule has 1 fully saturated rings. The minimum absolute atomic E-state index is 0.132. The molecule has 0 bridgehead atoms. The van der Waals surface area contributed by atoms with Crippen molar-refractivity contribution in [2.75, 3.05) is 29.9 Å². The first-order valence-electron chi connectivity index (χ1n) is 10.5. The van der Waals surface area contributed by atoms with E-state index in [1.165, 1.54) is 23.1 Å². The molecule has 1 atom stereocenters. The number of rotatable bonds is 8. The van der Waals surface area contributed by atoms with Crippen molar-refractivity contribution in [2.45, 2.75) is 25.9 Å². The first-order chi connectivity index (χ1) is 15.7. The van der Waals surface area contributed by atoms with E-state index < -0.39 is 30.2 Å². The molecule has 1 heterocycles. The zero-order valence-corrected chi connectivity index (χ0v) is 17.9. The number of carbonyl (C=O) groups is 3. The SMILES string of the molecule is CCCNC(=O)[C@@H]1CC(=O)N(c2ccc(OCC(=O)Nc3ccccc3C(F)(F)F)cc2)C1. The highest BCUT2D eigenvalue weighted by atomic mass is 19.4. The minimum Gasteiger partial charge on any atom is -0.484 e. The Bertz CT molecular complexity index is 1010. The molecule has 10 heteroatoms. The quantitative estimate of drug-likeness (QED) is 0.626. The van der Waals surface area contributed by atoms with Gasteiger partial charge in [0.1, 0.15) is 5.75 Å². The number of amides is 3. The van der Waals surface area contributed by atoms with E-state index in [9.17, 15) is 27.6 Å². The molecule has 2 aromatic carbocycles. The molecule has 0 spiro atoms. The van der Waals surface area contributed by atoms with Crippen LogP contribution in [0.3, 0.4) is 0 Å². The highest BCUT2D eigenvalue weighted by Gasteiger charge is 2.35. The molecule has 0 saturated carbocycles. The maximum atomic E-state index is 13.0. The Labute approximate surface area is 188 Å². The highest BCUT2D eigenvalue weighted by Crippen LogP contribution is 2.34. The highest BCUT2D eigenvalue weighted by molar-refractivity contribution is 6.00. The van der Waals surface area contributed by atoms with Crippen LogP contribution in [0.1, 0.15) is 25.3 Å². The van der Waals surface area contributed by atoms with E-state index in [0.29, 0.717) is 18.0 Å². The molecule has 1 aliphatic heterocycles. The fourth-order valence-corrected chi connectivity index (χ4v) is 3.42. The smallest absolute Gasteiger partial charge is 0.418 e. The van der Waals surface area contributed by atoms with Gasteiger partial charge < -0.3 is 20.3 Å². The molecule has 2 N–H and O–H groups in total. The van der Waals surface area contributed by atoms with Crippen LogP contribution in [0.2, 0.25) is 0 Å². The molecule has 1 saturated heterocycles. The Morgan fingerprint density at radius 1 is 1.12 bits per heavy atom. The molecule has 1 aliphatic rings. The van der Waals surface area contributed by atoms with Crippen LogP contribution >= 0.6 is 0 Å². The topological polar surface area (TPSA) is 87.7 Å². The zero-order chi connectivity index (χ0) is 24.0. The van der Waals surface area contributed by atoms with Gasteiger partial charge in [0.05, 0.1) is 17.2 Å². The fraction of sp³-hybridized carbons (Fsp3) is 0.348. The van der Waals surface area contributed by atoms with Crippen molar-refractivity contribution in [3.63, 3.8) is 0 Å². The van der Waals surface area contributed by atoms with Gasteiger partial charge in [-0.2, -0.15) is 13.2 Å². The van der Waals surface area contributed by atoms with Crippen LogP contribution < -0.4 is 20.3 Å². The van der Waals surface area contributed by atoms with Crippen molar-refractivity contribution >= 4 is 29.1 Å². The van der Waals surface area contributed by atoms with Crippen LogP contribution in [-0.2, 0) is 20.6 Å². The average molecular weight is 463 g/mol. The third kappa shape index (κ3) is 6.24. The zero-order valence-electron chi connectivity index (χ0n) is 17.9. The van der Waals surface area contributed by atoms with Crippen LogP contribution in [-0.4, -0.2) is 37.4 Å². The van der Waals surface area contributed by atoms with Gasteiger partial charge in [-0.05, 0) is 42.8 Å². The summed E-state index contributed by atoms with van der Waals surface area (Å²) in [5.74, 6) is -1.16. The number of nitrogens with zero attached hydrogens (tertiary/aromatic N) is 1. The second kappa shape index (κ2) is 10.4. The lowest BCUT2D eigenvalue weighted by Gasteiger charge is -2.17. The van der Waals surface area contributed by atoms with Crippen molar-refractivity contribution in [3.8, 4) is 5.75 Å². The van der Waals surface area contributed by atoms with Gasteiger partial charge in [-0.1, -0.05) is 19.1 Å². The van der Waals surface area contributed by atoms with Crippen molar-refractivity contribution in [1.82, 2.24) is 5.32 Å². The summed E-state index contributed by atoms with van der Waals surface area (Å²) in [4.78, 5) is 38.0. The predicted molar refractivity (Wildman–Crippen MR) is 116 cm³/mol. The van der Waals surface area contributed by atoms with Crippen LogP contribution in [0.5, 0.6) is 5.75 Å². The summed E-state index contributed by atoms with van der Waals surface area (Å²) in [6, 6.07) is 11.0. The maximum Gasteiger partial charge on any atom is 0.418 e. The summed E-state index contributed by atoms with van der Waals surface area (Å²) in [6.45, 7) is 2.29. The number of anilines is 2. The molecule has 7 nitrogen and oxygen atoms in total. The van der Waals surface area contributed by atoms with Crippen LogP contribution in [0.25, 0.3) is 0 Å². The Morgan fingerprint density at radius 3 is 2.48 bits per heavy atom. The molecule has 3 amide bonds. The minimum atomic E-state index is -4.59. The number of alkyl halides is 3. The maximum absolute atomic E-state index is 13.0. The standard InChI is InChI=1S/C23H24F3N3O4/c1-2-11-27-22(32)15-12-21(31)29(13-15)16-7-9-17(10-8-16)33-14-20(30)28-19-6-4-3-5-18(19)23(24,25)26/h3-10,15H,2,11-14H2,1H3,(H,27,32)(H,28,30)/t15-/m1/s1. The van der Waals surface area contributed by atoms with Gasteiger partial charge in [-0.3, -0.25) is 14.4 Å². The number of hydrogen-bond acceptors (Lipinski definition) is 4. The number of halogens is 3. The summed E-state index contributed by atoms with van der Waals surface area (Å²) in [5, 5.41) is 5.00. The van der Waals surface area contributed by atoms with Gasteiger partial charge in [-0.15, -0.1) is 0 Å².